The molecule has 1 aliphatic heterocycles. The van der Waals surface area contributed by atoms with Crippen LogP contribution < -0.4 is 5.32 Å². The molecule has 1 saturated heterocycles. The molecule has 1 heterocycles. The van der Waals surface area contributed by atoms with Gasteiger partial charge in [-0.05, 0) is 50.6 Å². The number of aromatic hydroxyl groups is 1. The Morgan fingerprint density at radius 2 is 2.10 bits per heavy atom. The van der Waals surface area contributed by atoms with Crippen LogP contribution in [0.4, 0.5) is 0 Å². The average molecular weight is 276 g/mol. The number of carbonyl (C=O) groups excluding carboxylic acids is 1. The normalized spacial score (nSPS) is 19.8. The Hall–Kier alpha value is -1.55. The standard InChI is InChI=1S/C16H24N2O2/c1-18-11-3-2-4-14(18)7-10-16(20)17-12-13-5-8-15(19)9-6-13/h5-6,8-9,14,19H,2-4,7,10-12H2,1H3,(H,17,20)/t14-/m0/s1. The van der Waals surface area contributed by atoms with E-state index in [1.165, 1.54) is 19.3 Å². The highest BCUT2D eigenvalue weighted by Gasteiger charge is 2.19. The highest BCUT2D eigenvalue weighted by Crippen LogP contribution is 2.18. The van der Waals surface area contributed by atoms with Crippen molar-refractivity contribution in [2.75, 3.05) is 13.6 Å². The molecule has 1 aliphatic rings. The van der Waals surface area contributed by atoms with Gasteiger partial charge < -0.3 is 15.3 Å². The van der Waals surface area contributed by atoms with E-state index >= 15 is 0 Å². The maximum atomic E-state index is 11.9. The van der Waals surface area contributed by atoms with Gasteiger partial charge >= 0.3 is 0 Å². The fraction of sp³-hybridized carbons (Fsp3) is 0.562. The Morgan fingerprint density at radius 1 is 1.35 bits per heavy atom. The number of likely N-dealkylation sites (tertiary alicyclic amines) is 1. The molecule has 1 aromatic rings. The van der Waals surface area contributed by atoms with Crippen LogP contribution >= 0.6 is 0 Å². The van der Waals surface area contributed by atoms with Gasteiger partial charge in [0.15, 0.2) is 0 Å². The van der Waals surface area contributed by atoms with Crippen LogP contribution in [0.3, 0.4) is 0 Å². The molecule has 1 amide bonds. The maximum absolute atomic E-state index is 11.9. The van der Waals surface area contributed by atoms with Gasteiger partial charge in [0.05, 0.1) is 0 Å². The number of nitrogens with one attached hydrogen (secondary N) is 1. The van der Waals surface area contributed by atoms with Gasteiger partial charge in [0.1, 0.15) is 5.75 Å². The Labute approximate surface area is 120 Å². The topological polar surface area (TPSA) is 52.6 Å². The number of piperidine rings is 1. The minimum absolute atomic E-state index is 0.108. The molecule has 1 fully saturated rings. The fourth-order valence-electron chi connectivity index (χ4n) is 2.71. The summed E-state index contributed by atoms with van der Waals surface area (Å²) in [6, 6.07) is 7.48. The van der Waals surface area contributed by atoms with Crippen LogP contribution in [0.1, 0.15) is 37.7 Å². The molecule has 4 nitrogen and oxygen atoms in total. The van der Waals surface area contributed by atoms with Gasteiger partial charge in [0, 0.05) is 19.0 Å². The molecule has 0 aliphatic carbocycles. The second-order valence-electron chi connectivity index (χ2n) is 5.61. The molecule has 0 aromatic heterocycles. The molecule has 20 heavy (non-hydrogen) atoms. The molecule has 0 spiro atoms. The van der Waals surface area contributed by atoms with E-state index in [9.17, 15) is 9.90 Å². The molecule has 1 atom stereocenters. The SMILES string of the molecule is CN1CCCC[C@H]1CCC(=O)NCc1ccc(O)cc1. The van der Waals surface area contributed by atoms with Gasteiger partial charge in [-0.15, -0.1) is 0 Å². The number of amides is 1. The van der Waals surface area contributed by atoms with E-state index in [-0.39, 0.29) is 11.7 Å². The fourth-order valence-corrected chi connectivity index (χ4v) is 2.71. The van der Waals surface area contributed by atoms with Crippen LogP contribution in [0.5, 0.6) is 5.75 Å². The number of nitrogens with zero attached hydrogens (tertiary/aromatic N) is 1. The summed E-state index contributed by atoms with van der Waals surface area (Å²) in [5.41, 5.74) is 1.01. The third kappa shape index (κ3) is 4.53. The summed E-state index contributed by atoms with van der Waals surface area (Å²) in [6.07, 6.45) is 5.30. The Bertz CT molecular complexity index is 431. The van der Waals surface area contributed by atoms with Crippen molar-refractivity contribution in [2.24, 2.45) is 0 Å². The van der Waals surface area contributed by atoms with Crippen molar-refractivity contribution in [1.82, 2.24) is 10.2 Å². The Kier molecular flexibility index (Phi) is 5.41. The van der Waals surface area contributed by atoms with Crippen molar-refractivity contribution in [1.29, 1.82) is 0 Å². The van der Waals surface area contributed by atoms with E-state index in [4.69, 9.17) is 0 Å². The maximum Gasteiger partial charge on any atom is 0.220 e. The molecule has 1 aromatic carbocycles. The average Bonchev–Trinajstić information content (AvgIpc) is 2.46. The zero-order valence-corrected chi connectivity index (χ0v) is 12.1. The van der Waals surface area contributed by atoms with E-state index in [1.807, 2.05) is 12.1 Å². The third-order valence-electron chi connectivity index (χ3n) is 4.05. The van der Waals surface area contributed by atoms with Crippen LogP contribution in [0.15, 0.2) is 24.3 Å². The lowest BCUT2D eigenvalue weighted by Crippen LogP contribution is -2.37. The van der Waals surface area contributed by atoms with Gasteiger partial charge in [-0.2, -0.15) is 0 Å². The summed E-state index contributed by atoms with van der Waals surface area (Å²) >= 11 is 0. The van der Waals surface area contributed by atoms with Gasteiger partial charge in [-0.1, -0.05) is 18.6 Å². The predicted octanol–water partition coefficient (Wildman–Crippen LogP) is 2.27. The number of phenolic OH excluding ortho intramolecular Hbond substituents is 1. The molecule has 0 radical (unpaired) electrons. The summed E-state index contributed by atoms with van der Waals surface area (Å²) in [4.78, 5) is 14.2. The number of carbonyl (C=O) groups is 1. The number of benzene rings is 1. The van der Waals surface area contributed by atoms with Crippen molar-refractivity contribution < 1.29 is 9.90 Å². The van der Waals surface area contributed by atoms with E-state index in [1.54, 1.807) is 12.1 Å². The molecule has 0 saturated carbocycles. The quantitative estimate of drug-likeness (QED) is 0.867. The summed E-state index contributed by atoms with van der Waals surface area (Å²) in [5.74, 6) is 0.359. The van der Waals surface area contributed by atoms with Crippen molar-refractivity contribution in [2.45, 2.75) is 44.7 Å². The zero-order valence-electron chi connectivity index (χ0n) is 12.1. The smallest absolute Gasteiger partial charge is 0.220 e. The van der Waals surface area contributed by atoms with E-state index < -0.39 is 0 Å². The minimum Gasteiger partial charge on any atom is -0.508 e. The van der Waals surface area contributed by atoms with Crippen molar-refractivity contribution in [3.05, 3.63) is 29.8 Å². The predicted molar refractivity (Wildman–Crippen MR) is 79.5 cm³/mol. The first kappa shape index (κ1) is 14.9. The molecule has 110 valence electrons. The highest BCUT2D eigenvalue weighted by molar-refractivity contribution is 5.75. The second kappa shape index (κ2) is 7.29. The van der Waals surface area contributed by atoms with Crippen LogP contribution in [0.2, 0.25) is 0 Å². The van der Waals surface area contributed by atoms with Gasteiger partial charge in [0.2, 0.25) is 5.91 Å². The number of rotatable bonds is 5. The van der Waals surface area contributed by atoms with Crippen LogP contribution in [0.25, 0.3) is 0 Å². The summed E-state index contributed by atoms with van der Waals surface area (Å²) in [6.45, 7) is 1.68. The first-order valence-electron chi connectivity index (χ1n) is 7.40. The summed E-state index contributed by atoms with van der Waals surface area (Å²) in [7, 11) is 2.15. The lowest BCUT2D eigenvalue weighted by molar-refractivity contribution is -0.121. The number of hydrogen-bond acceptors (Lipinski definition) is 3. The highest BCUT2D eigenvalue weighted by atomic mass is 16.3. The molecule has 4 heteroatoms. The van der Waals surface area contributed by atoms with E-state index in [2.05, 4.69) is 17.3 Å². The molecular weight excluding hydrogens is 252 g/mol. The van der Waals surface area contributed by atoms with Crippen molar-refractivity contribution in [3.63, 3.8) is 0 Å². The minimum atomic E-state index is 0.108. The second-order valence-corrected chi connectivity index (χ2v) is 5.61. The summed E-state index contributed by atoms with van der Waals surface area (Å²) in [5, 5.41) is 12.1. The Balaban J connectivity index is 1.68. The van der Waals surface area contributed by atoms with Crippen molar-refractivity contribution in [3.8, 4) is 5.75 Å². The number of hydrogen-bond donors (Lipinski definition) is 2. The van der Waals surface area contributed by atoms with Gasteiger partial charge in [-0.25, -0.2) is 0 Å². The van der Waals surface area contributed by atoms with E-state index in [0.717, 1.165) is 18.5 Å². The lowest BCUT2D eigenvalue weighted by Gasteiger charge is -2.32. The van der Waals surface area contributed by atoms with Crippen LogP contribution in [-0.2, 0) is 11.3 Å². The Morgan fingerprint density at radius 3 is 2.80 bits per heavy atom. The van der Waals surface area contributed by atoms with Gasteiger partial charge in [0.25, 0.3) is 0 Å². The zero-order chi connectivity index (χ0) is 14.4. The molecular formula is C16H24N2O2. The van der Waals surface area contributed by atoms with Crippen LogP contribution in [-0.4, -0.2) is 35.5 Å². The lowest BCUT2D eigenvalue weighted by atomic mass is 9.98. The molecule has 2 rings (SSSR count). The molecule has 2 N–H and O–H groups in total. The first-order chi connectivity index (χ1) is 9.65. The van der Waals surface area contributed by atoms with Crippen molar-refractivity contribution >= 4 is 5.91 Å². The summed E-state index contributed by atoms with van der Waals surface area (Å²) < 4.78 is 0. The molecule has 0 bridgehead atoms. The van der Waals surface area contributed by atoms with Gasteiger partial charge in [-0.3, -0.25) is 4.79 Å². The number of phenols is 1. The monoisotopic (exact) mass is 276 g/mol. The van der Waals surface area contributed by atoms with E-state index in [0.29, 0.717) is 19.0 Å². The molecule has 0 unspecified atom stereocenters. The largest absolute Gasteiger partial charge is 0.508 e. The first-order valence-corrected chi connectivity index (χ1v) is 7.40. The third-order valence-corrected chi connectivity index (χ3v) is 4.05. The van der Waals surface area contributed by atoms with Crippen LogP contribution in [0, 0.1) is 0 Å².